The van der Waals surface area contributed by atoms with Gasteiger partial charge in [0, 0.05) is 20.6 Å². The quantitative estimate of drug-likeness (QED) is 0.714. The standard InChI is InChI=1S/C11H16Cl2N2O2/c1-10(6-11(10,12)13)9(17)15(3)7-4-5-14(2)8(7)16/h7H,4-6H2,1-3H3/t7-,10-/m1/s1. The molecule has 1 heterocycles. The van der Waals surface area contributed by atoms with Crippen molar-refractivity contribution in [1.82, 2.24) is 9.80 Å². The summed E-state index contributed by atoms with van der Waals surface area (Å²) < 4.78 is -0.980. The van der Waals surface area contributed by atoms with Crippen molar-refractivity contribution < 1.29 is 9.59 Å². The lowest BCUT2D eigenvalue weighted by Gasteiger charge is -2.26. The number of rotatable bonds is 2. The molecule has 1 saturated carbocycles. The van der Waals surface area contributed by atoms with Crippen LogP contribution in [0.25, 0.3) is 0 Å². The largest absolute Gasteiger partial charge is 0.344 e. The number of carbonyl (C=O) groups excluding carboxylic acids is 2. The Morgan fingerprint density at radius 1 is 1.53 bits per heavy atom. The highest BCUT2D eigenvalue weighted by Gasteiger charge is 2.69. The zero-order chi connectivity index (χ0) is 13.0. The zero-order valence-electron chi connectivity index (χ0n) is 10.2. The fraction of sp³-hybridized carbons (Fsp3) is 0.818. The number of nitrogens with zero attached hydrogens (tertiary/aromatic N) is 2. The second-order valence-corrected chi connectivity index (χ2v) is 6.68. The van der Waals surface area contributed by atoms with Crippen molar-refractivity contribution in [3.8, 4) is 0 Å². The number of amides is 2. The van der Waals surface area contributed by atoms with Crippen LogP contribution >= 0.6 is 23.2 Å². The number of carbonyl (C=O) groups is 2. The maximum absolute atomic E-state index is 12.3. The molecule has 0 bridgehead atoms. The van der Waals surface area contributed by atoms with E-state index in [-0.39, 0.29) is 17.9 Å². The van der Waals surface area contributed by atoms with Crippen LogP contribution in [0.2, 0.25) is 0 Å². The van der Waals surface area contributed by atoms with Crippen molar-refractivity contribution in [2.24, 2.45) is 5.41 Å². The number of likely N-dealkylation sites (tertiary alicyclic amines) is 1. The third-order valence-corrected chi connectivity index (χ3v) is 5.02. The average molecular weight is 279 g/mol. The Balaban J connectivity index is 2.09. The molecule has 2 rings (SSSR count). The molecular formula is C11H16Cl2N2O2. The first kappa shape index (κ1) is 13.0. The molecule has 2 amide bonds. The second kappa shape index (κ2) is 3.75. The van der Waals surface area contributed by atoms with Gasteiger partial charge in [0.1, 0.15) is 10.4 Å². The first-order valence-corrected chi connectivity index (χ1v) is 6.36. The first-order valence-electron chi connectivity index (χ1n) is 5.61. The highest BCUT2D eigenvalue weighted by Crippen LogP contribution is 2.64. The van der Waals surface area contributed by atoms with Gasteiger partial charge in [-0.3, -0.25) is 9.59 Å². The molecule has 1 aliphatic heterocycles. The molecule has 2 atom stereocenters. The Morgan fingerprint density at radius 2 is 2.06 bits per heavy atom. The monoisotopic (exact) mass is 278 g/mol. The summed E-state index contributed by atoms with van der Waals surface area (Å²) in [6.45, 7) is 2.43. The zero-order valence-corrected chi connectivity index (χ0v) is 11.7. The molecule has 6 heteroatoms. The van der Waals surface area contributed by atoms with Gasteiger partial charge in [-0.15, -0.1) is 23.2 Å². The first-order chi connectivity index (χ1) is 7.71. The average Bonchev–Trinajstić information content (AvgIpc) is 2.58. The summed E-state index contributed by atoms with van der Waals surface area (Å²) in [5.41, 5.74) is -0.744. The van der Waals surface area contributed by atoms with Crippen LogP contribution in [0, 0.1) is 5.41 Å². The molecule has 17 heavy (non-hydrogen) atoms. The van der Waals surface area contributed by atoms with Crippen LogP contribution in [-0.4, -0.2) is 52.6 Å². The van der Waals surface area contributed by atoms with Gasteiger partial charge >= 0.3 is 0 Å². The van der Waals surface area contributed by atoms with Crippen molar-refractivity contribution in [2.75, 3.05) is 20.6 Å². The van der Waals surface area contributed by atoms with Crippen molar-refractivity contribution in [3.63, 3.8) is 0 Å². The molecule has 4 nitrogen and oxygen atoms in total. The number of hydrogen-bond donors (Lipinski definition) is 0. The van der Waals surface area contributed by atoms with E-state index < -0.39 is 9.75 Å². The lowest BCUT2D eigenvalue weighted by atomic mass is 10.1. The third-order valence-electron chi connectivity index (χ3n) is 3.92. The molecular weight excluding hydrogens is 263 g/mol. The Morgan fingerprint density at radius 3 is 2.41 bits per heavy atom. The van der Waals surface area contributed by atoms with Crippen LogP contribution < -0.4 is 0 Å². The van der Waals surface area contributed by atoms with E-state index in [1.54, 1.807) is 25.9 Å². The summed E-state index contributed by atoms with van der Waals surface area (Å²) in [6.07, 6.45) is 1.12. The van der Waals surface area contributed by atoms with Crippen molar-refractivity contribution >= 4 is 35.0 Å². The van der Waals surface area contributed by atoms with E-state index in [0.717, 1.165) is 0 Å². The van der Waals surface area contributed by atoms with Gasteiger partial charge in [-0.05, 0) is 19.8 Å². The smallest absolute Gasteiger partial charge is 0.245 e. The summed E-state index contributed by atoms with van der Waals surface area (Å²) >= 11 is 12.0. The fourth-order valence-corrected chi connectivity index (χ4v) is 3.02. The minimum Gasteiger partial charge on any atom is -0.344 e. The van der Waals surface area contributed by atoms with Crippen LogP contribution in [0.4, 0.5) is 0 Å². The number of halogens is 2. The van der Waals surface area contributed by atoms with Crippen molar-refractivity contribution in [3.05, 3.63) is 0 Å². The van der Waals surface area contributed by atoms with Gasteiger partial charge in [0.2, 0.25) is 11.8 Å². The van der Waals surface area contributed by atoms with E-state index in [1.165, 1.54) is 4.90 Å². The molecule has 2 aliphatic rings. The predicted molar refractivity (Wildman–Crippen MR) is 66.0 cm³/mol. The van der Waals surface area contributed by atoms with Gasteiger partial charge in [-0.25, -0.2) is 0 Å². The van der Waals surface area contributed by atoms with E-state index in [1.807, 2.05) is 0 Å². The lowest BCUT2D eigenvalue weighted by molar-refractivity contribution is -0.143. The second-order valence-electron chi connectivity index (χ2n) is 5.19. The van der Waals surface area contributed by atoms with Crippen LogP contribution in [0.3, 0.4) is 0 Å². The maximum Gasteiger partial charge on any atom is 0.245 e. The minimum atomic E-state index is -0.980. The molecule has 0 N–H and O–H groups in total. The Kier molecular flexibility index (Phi) is 2.86. The molecule has 2 fully saturated rings. The normalized spacial score (nSPS) is 35.0. The molecule has 1 aliphatic carbocycles. The predicted octanol–water partition coefficient (Wildman–Crippen LogP) is 1.26. The van der Waals surface area contributed by atoms with Crippen LogP contribution in [-0.2, 0) is 9.59 Å². The highest BCUT2D eigenvalue weighted by atomic mass is 35.5. The van der Waals surface area contributed by atoms with Gasteiger partial charge in [0.25, 0.3) is 0 Å². The summed E-state index contributed by atoms with van der Waals surface area (Å²) in [5.74, 6) is -0.156. The fourth-order valence-electron chi connectivity index (χ4n) is 2.33. The third kappa shape index (κ3) is 1.82. The summed E-state index contributed by atoms with van der Waals surface area (Å²) in [7, 11) is 3.39. The molecule has 1 saturated heterocycles. The van der Waals surface area contributed by atoms with E-state index in [9.17, 15) is 9.59 Å². The molecule has 96 valence electrons. The molecule has 0 spiro atoms. The van der Waals surface area contributed by atoms with E-state index in [2.05, 4.69) is 0 Å². The summed E-state index contributed by atoms with van der Waals surface area (Å²) in [6, 6.07) is -0.367. The number of likely N-dealkylation sites (N-methyl/N-ethyl adjacent to an activating group) is 2. The molecule has 0 aromatic rings. The molecule has 0 unspecified atom stereocenters. The van der Waals surface area contributed by atoms with Gasteiger partial charge in [0.05, 0.1) is 5.41 Å². The van der Waals surface area contributed by atoms with Gasteiger partial charge in [-0.2, -0.15) is 0 Å². The van der Waals surface area contributed by atoms with E-state index in [0.29, 0.717) is 19.4 Å². The number of hydrogen-bond acceptors (Lipinski definition) is 2. The molecule has 0 aromatic carbocycles. The van der Waals surface area contributed by atoms with Crippen LogP contribution in [0.5, 0.6) is 0 Å². The minimum absolute atomic E-state index is 0.0140. The number of alkyl halides is 2. The van der Waals surface area contributed by atoms with Crippen LogP contribution in [0.15, 0.2) is 0 Å². The Hall–Kier alpha value is -0.480. The maximum atomic E-state index is 12.3. The SMILES string of the molecule is CN1CC[C@@H](N(C)C(=O)[C@@]2(C)CC2(Cl)Cl)C1=O. The van der Waals surface area contributed by atoms with E-state index >= 15 is 0 Å². The van der Waals surface area contributed by atoms with Gasteiger partial charge < -0.3 is 9.80 Å². The van der Waals surface area contributed by atoms with Crippen LogP contribution in [0.1, 0.15) is 19.8 Å². The van der Waals surface area contributed by atoms with Crippen molar-refractivity contribution in [2.45, 2.75) is 30.1 Å². The lowest BCUT2D eigenvalue weighted by Crippen LogP contribution is -2.45. The summed E-state index contributed by atoms with van der Waals surface area (Å²) in [4.78, 5) is 27.2. The summed E-state index contributed by atoms with van der Waals surface area (Å²) in [5, 5.41) is 0. The van der Waals surface area contributed by atoms with Gasteiger partial charge in [0.15, 0.2) is 0 Å². The van der Waals surface area contributed by atoms with Crippen molar-refractivity contribution in [1.29, 1.82) is 0 Å². The Labute approximate surface area is 111 Å². The van der Waals surface area contributed by atoms with Gasteiger partial charge in [-0.1, -0.05) is 0 Å². The van der Waals surface area contributed by atoms with E-state index in [4.69, 9.17) is 23.2 Å². The topological polar surface area (TPSA) is 40.6 Å². The Bertz CT molecular complexity index is 386. The molecule has 0 aromatic heterocycles. The molecule has 0 radical (unpaired) electrons. The highest BCUT2D eigenvalue weighted by molar-refractivity contribution is 6.53.